The van der Waals surface area contributed by atoms with Gasteiger partial charge in [0.15, 0.2) is 11.5 Å². The van der Waals surface area contributed by atoms with Crippen LogP contribution in [-0.2, 0) is 11.7 Å². The Morgan fingerprint density at radius 2 is 1.85 bits per heavy atom. The molecule has 2 atom stereocenters. The van der Waals surface area contributed by atoms with Crippen molar-refractivity contribution in [1.82, 2.24) is 4.90 Å². The molecule has 0 saturated heterocycles. The van der Waals surface area contributed by atoms with Crippen LogP contribution in [0.1, 0.15) is 31.4 Å². The lowest BCUT2D eigenvalue weighted by Gasteiger charge is -2.32. The van der Waals surface area contributed by atoms with Gasteiger partial charge in [0.25, 0.3) is 0 Å². The minimum absolute atomic E-state index is 0.131. The number of ether oxygens (including phenoxy) is 2. The molecule has 0 spiro atoms. The molecule has 2 aromatic carbocycles. The first-order valence-corrected chi connectivity index (χ1v) is 9.90. The Bertz CT molecular complexity index is 797. The fourth-order valence-corrected chi connectivity index (χ4v) is 4.65. The van der Waals surface area contributed by atoms with Crippen LogP contribution in [0.15, 0.2) is 30.3 Å². The lowest BCUT2D eigenvalue weighted by atomic mass is 9.95. The average molecular weight is 393 g/mol. The average Bonchev–Trinajstić information content (AvgIpc) is 2.63. The van der Waals surface area contributed by atoms with Gasteiger partial charge in [-0.05, 0) is 49.6 Å². The Morgan fingerprint density at radius 3 is 2.41 bits per heavy atom. The van der Waals surface area contributed by atoms with Crippen LogP contribution in [0, 0.1) is 5.82 Å². The number of hydrogen-bond donors (Lipinski definition) is 1. The van der Waals surface area contributed by atoms with Crippen molar-refractivity contribution < 1.29 is 19.0 Å². The molecule has 148 valence electrons. The molecule has 1 N–H and O–H groups in total. The maximum Gasteiger partial charge on any atom is 0.164 e. The van der Waals surface area contributed by atoms with Gasteiger partial charge in [0.05, 0.1) is 14.2 Å². The monoisotopic (exact) mass is 393 g/mol. The van der Waals surface area contributed by atoms with E-state index in [1.54, 1.807) is 19.2 Å². The van der Waals surface area contributed by atoms with Crippen molar-refractivity contribution in [2.75, 3.05) is 28.3 Å². The number of phenolic OH excluding ortho intramolecular Hbond substituents is 1. The maximum atomic E-state index is 13.8. The molecule has 0 bridgehead atoms. The Labute approximate surface area is 163 Å². The summed E-state index contributed by atoms with van der Waals surface area (Å²) in [6.07, 6.45) is 0.800. The Morgan fingerprint density at radius 1 is 1.15 bits per heavy atom. The smallest absolute Gasteiger partial charge is 0.164 e. The van der Waals surface area contributed by atoms with Gasteiger partial charge in [-0.25, -0.2) is 4.39 Å². The summed E-state index contributed by atoms with van der Waals surface area (Å²) >= 11 is 0. The lowest BCUT2D eigenvalue weighted by molar-refractivity contribution is 0.357. The van der Waals surface area contributed by atoms with E-state index in [2.05, 4.69) is 13.8 Å². The maximum absolute atomic E-state index is 13.8. The zero-order valence-corrected chi connectivity index (χ0v) is 17.9. The molecule has 0 aromatic heterocycles. The van der Waals surface area contributed by atoms with E-state index >= 15 is 0 Å². The van der Waals surface area contributed by atoms with Gasteiger partial charge in [0, 0.05) is 23.3 Å². The summed E-state index contributed by atoms with van der Waals surface area (Å²) in [6.45, 7) is 4.86. The summed E-state index contributed by atoms with van der Waals surface area (Å²) in [6, 6.07) is 8.50. The van der Waals surface area contributed by atoms with E-state index in [1.165, 1.54) is 13.2 Å². The van der Waals surface area contributed by atoms with Crippen molar-refractivity contribution in [1.29, 1.82) is 0 Å². The Balaban J connectivity index is 2.53. The van der Waals surface area contributed by atoms with Crippen LogP contribution < -0.4 is 14.8 Å². The first-order valence-electron chi connectivity index (χ1n) is 8.90. The Hall–Kier alpha value is -1.84. The number of nitrogens with zero attached hydrogens (tertiary/aromatic N) is 1. The van der Waals surface area contributed by atoms with Gasteiger partial charge in [-0.3, -0.25) is 0 Å². The van der Waals surface area contributed by atoms with Crippen molar-refractivity contribution in [2.24, 2.45) is 0 Å². The summed E-state index contributed by atoms with van der Waals surface area (Å²) in [5.41, 5.74) is 1.74. The molecule has 0 fully saturated rings. The molecule has 4 nitrogen and oxygen atoms in total. The highest BCUT2D eigenvalue weighted by Crippen LogP contribution is 2.51. The number of rotatable bonds is 8. The number of benzene rings is 2. The van der Waals surface area contributed by atoms with Crippen LogP contribution in [0.4, 0.5) is 4.39 Å². The summed E-state index contributed by atoms with van der Waals surface area (Å²) in [5.74, 6) is 0.925. The number of hydrogen-bond acceptors (Lipinski definition) is 4. The fourth-order valence-electron chi connectivity index (χ4n) is 3.08. The predicted molar refractivity (Wildman–Crippen MR) is 111 cm³/mol. The molecule has 0 amide bonds. The third-order valence-corrected chi connectivity index (χ3v) is 6.70. The van der Waals surface area contributed by atoms with Crippen LogP contribution >= 0.6 is 8.58 Å². The van der Waals surface area contributed by atoms with Crippen LogP contribution in [0.25, 0.3) is 0 Å². The van der Waals surface area contributed by atoms with E-state index in [-0.39, 0.29) is 16.7 Å². The fraction of sp³-hybridized carbons (Fsp3) is 0.429. The first-order chi connectivity index (χ1) is 12.7. The molecule has 0 radical (unpaired) electrons. The van der Waals surface area contributed by atoms with Gasteiger partial charge in [0.1, 0.15) is 11.6 Å². The summed E-state index contributed by atoms with van der Waals surface area (Å²) in [7, 11) is 7.40. The van der Waals surface area contributed by atoms with E-state index < -0.39 is 0 Å². The van der Waals surface area contributed by atoms with Crippen molar-refractivity contribution in [2.45, 2.75) is 32.0 Å². The van der Waals surface area contributed by atoms with Gasteiger partial charge in [-0.1, -0.05) is 28.5 Å². The number of halogens is 1. The van der Waals surface area contributed by atoms with Gasteiger partial charge >= 0.3 is 0 Å². The van der Waals surface area contributed by atoms with Gasteiger partial charge in [0.2, 0.25) is 0 Å². The van der Waals surface area contributed by atoms with Crippen LogP contribution in [0.3, 0.4) is 0 Å². The minimum Gasteiger partial charge on any atom is -0.504 e. The molecule has 2 aromatic rings. The van der Waals surface area contributed by atoms with Crippen molar-refractivity contribution >= 4 is 13.9 Å². The SMILES string of the molecule is CCC(C)(Pc1ccc(F)cc1CN(C)C)c1cc(OC)cc(OC)c1O. The molecular weight excluding hydrogens is 364 g/mol. The normalized spacial score (nSPS) is 13.9. The van der Waals surface area contributed by atoms with E-state index in [4.69, 9.17) is 9.47 Å². The molecule has 0 aliphatic carbocycles. The predicted octanol–water partition coefficient (Wildman–Crippen LogP) is 4.24. The number of methoxy groups -OCH3 is 2. The molecular formula is C21H29FNO3P. The molecule has 0 saturated carbocycles. The molecule has 0 aliphatic heterocycles. The summed E-state index contributed by atoms with van der Waals surface area (Å²) in [5, 5.41) is 11.5. The second-order valence-electron chi connectivity index (χ2n) is 7.08. The molecule has 2 unspecified atom stereocenters. The second-order valence-corrected chi connectivity index (χ2v) is 8.97. The first kappa shape index (κ1) is 21.5. The highest BCUT2D eigenvalue weighted by atomic mass is 31.1. The van der Waals surface area contributed by atoms with E-state index in [0.29, 0.717) is 26.6 Å². The van der Waals surface area contributed by atoms with Gasteiger partial charge in [-0.2, -0.15) is 0 Å². The number of aromatic hydroxyl groups is 1. The molecule has 6 heteroatoms. The van der Waals surface area contributed by atoms with E-state index in [1.807, 2.05) is 31.1 Å². The summed E-state index contributed by atoms with van der Waals surface area (Å²) < 4.78 is 24.5. The zero-order chi connectivity index (χ0) is 20.2. The van der Waals surface area contributed by atoms with E-state index in [9.17, 15) is 9.50 Å². The highest BCUT2D eigenvalue weighted by Gasteiger charge is 2.31. The van der Waals surface area contributed by atoms with Crippen LogP contribution in [0.5, 0.6) is 17.2 Å². The highest BCUT2D eigenvalue weighted by molar-refractivity contribution is 7.48. The largest absolute Gasteiger partial charge is 0.504 e. The molecule has 0 aliphatic rings. The van der Waals surface area contributed by atoms with Crippen molar-refractivity contribution in [3.8, 4) is 17.2 Å². The molecule has 0 heterocycles. The van der Waals surface area contributed by atoms with Crippen molar-refractivity contribution in [3.63, 3.8) is 0 Å². The zero-order valence-electron chi connectivity index (χ0n) is 16.9. The Kier molecular flexibility index (Phi) is 7.07. The standard InChI is InChI=1S/C21H29FNO3P/c1-7-21(2,17-11-16(25-5)12-18(26-6)20(17)24)27-19-9-8-15(22)10-14(19)13-23(3)4/h8-12,24,27H,7,13H2,1-6H3. The minimum atomic E-state index is -0.342. The molecule has 2 rings (SSSR count). The topological polar surface area (TPSA) is 41.9 Å². The third-order valence-electron chi connectivity index (χ3n) is 4.77. The van der Waals surface area contributed by atoms with Crippen molar-refractivity contribution in [3.05, 3.63) is 47.3 Å². The number of phenols is 1. The van der Waals surface area contributed by atoms with Gasteiger partial charge < -0.3 is 19.5 Å². The third kappa shape index (κ3) is 4.91. The molecule has 27 heavy (non-hydrogen) atoms. The lowest BCUT2D eigenvalue weighted by Crippen LogP contribution is -2.23. The summed E-state index contributed by atoms with van der Waals surface area (Å²) in [4.78, 5) is 2.03. The second kappa shape index (κ2) is 8.90. The van der Waals surface area contributed by atoms with Crippen LogP contribution in [0.2, 0.25) is 0 Å². The quantitative estimate of drug-likeness (QED) is 0.682. The van der Waals surface area contributed by atoms with E-state index in [0.717, 1.165) is 22.9 Å². The van der Waals surface area contributed by atoms with Crippen LogP contribution in [-0.4, -0.2) is 38.3 Å². The van der Waals surface area contributed by atoms with Gasteiger partial charge in [-0.15, -0.1) is 0 Å².